The fourth-order valence-electron chi connectivity index (χ4n) is 2.66. The van der Waals surface area contributed by atoms with Gasteiger partial charge in [-0.2, -0.15) is 5.10 Å². The van der Waals surface area contributed by atoms with Gasteiger partial charge < -0.3 is 15.2 Å². The van der Waals surface area contributed by atoms with Crippen molar-refractivity contribution in [3.05, 3.63) is 47.9 Å². The van der Waals surface area contributed by atoms with Crippen molar-refractivity contribution >= 4 is 17.3 Å². The van der Waals surface area contributed by atoms with Crippen LogP contribution in [0.25, 0.3) is 5.52 Å². The van der Waals surface area contributed by atoms with Crippen LogP contribution < -0.4 is 10.6 Å². The highest BCUT2D eigenvalue weighted by Gasteiger charge is 2.45. The minimum absolute atomic E-state index is 0.200. The summed E-state index contributed by atoms with van der Waals surface area (Å²) in [7, 11) is 0. The number of aryl methyl sites for hydroxylation is 1. The number of hydrogen-bond acceptors (Lipinski definition) is 6. The lowest BCUT2D eigenvalue weighted by Gasteiger charge is -2.17. The van der Waals surface area contributed by atoms with E-state index in [0.29, 0.717) is 23.2 Å². The van der Waals surface area contributed by atoms with Crippen LogP contribution >= 0.6 is 0 Å². The maximum absolute atomic E-state index is 12.4. The Labute approximate surface area is 142 Å². The molecule has 25 heavy (non-hydrogen) atoms. The third-order valence-electron chi connectivity index (χ3n) is 4.34. The van der Waals surface area contributed by atoms with Crippen LogP contribution in [0, 0.1) is 6.92 Å². The molecule has 0 saturated heterocycles. The van der Waals surface area contributed by atoms with Gasteiger partial charge in [0, 0.05) is 24.5 Å². The topological polar surface area (TPSA) is 114 Å². The van der Waals surface area contributed by atoms with E-state index in [1.807, 2.05) is 0 Å². The molecule has 3 aromatic heterocycles. The number of amides is 2. The number of hydrogen-bond donors (Lipinski definition) is 2. The van der Waals surface area contributed by atoms with Crippen LogP contribution in [-0.4, -0.2) is 43.7 Å². The highest BCUT2D eigenvalue weighted by molar-refractivity contribution is 6.00. The van der Waals surface area contributed by atoms with Gasteiger partial charge in [-0.1, -0.05) is 5.16 Å². The molecule has 1 aliphatic rings. The predicted octanol–water partition coefficient (Wildman–Crippen LogP) is 0.718. The molecule has 9 heteroatoms. The Morgan fingerprint density at radius 1 is 1.28 bits per heavy atom. The summed E-state index contributed by atoms with van der Waals surface area (Å²) >= 11 is 0. The molecule has 4 rings (SSSR count). The lowest BCUT2D eigenvalue weighted by molar-refractivity contribution is 0.0875. The van der Waals surface area contributed by atoms with Gasteiger partial charge in [-0.05, 0) is 19.8 Å². The van der Waals surface area contributed by atoms with Gasteiger partial charge in [0.05, 0.1) is 35.2 Å². The Morgan fingerprint density at radius 3 is 2.84 bits per heavy atom. The Hall–Kier alpha value is -3.23. The molecule has 1 saturated carbocycles. The van der Waals surface area contributed by atoms with Gasteiger partial charge in [-0.25, -0.2) is 4.52 Å². The van der Waals surface area contributed by atoms with E-state index in [0.717, 1.165) is 12.8 Å². The number of carbonyl (C=O) groups is 2. The van der Waals surface area contributed by atoms with Crippen molar-refractivity contribution in [3.8, 4) is 0 Å². The lowest BCUT2D eigenvalue weighted by Crippen LogP contribution is -2.45. The van der Waals surface area contributed by atoms with E-state index in [1.54, 1.807) is 30.0 Å². The number of aromatic nitrogens is 4. The van der Waals surface area contributed by atoms with Crippen molar-refractivity contribution in [2.24, 2.45) is 0 Å². The molecule has 9 nitrogen and oxygen atoms in total. The molecule has 0 atom stereocenters. The van der Waals surface area contributed by atoms with E-state index in [9.17, 15) is 9.59 Å². The monoisotopic (exact) mass is 340 g/mol. The normalized spacial score (nSPS) is 15.1. The molecule has 2 N–H and O–H groups in total. The van der Waals surface area contributed by atoms with Crippen LogP contribution in [0.3, 0.4) is 0 Å². The van der Waals surface area contributed by atoms with E-state index >= 15 is 0 Å². The van der Waals surface area contributed by atoms with Crippen molar-refractivity contribution in [2.45, 2.75) is 25.3 Å². The molecule has 0 unspecified atom stereocenters. The average molecular weight is 340 g/mol. The van der Waals surface area contributed by atoms with Crippen molar-refractivity contribution in [1.29, 1.82) is 0 Å². The summed E-state index contributed by atoms with van der Waals surface area (Å²) in [4.78, 5) is 28.7. The second-order valence-corrected chi connectivity index (χ2v) is 6.22. The lowest BCUT2D eigenvalue weighted by atomic mass is 10.2. The Bertz CT molecular complexity index is 956. The third-order valence-corrected chi connectivity index (χ3v) is 4.34. The van der Waals surface area contributed by atoms with Crippen LogP contribution in [0.1, 0.15) is 39.3 Å². The van der Waals surface area contributed by atoms with Gasteiger partial charge in [0.1, 0.15) is 0 Å². The van der Waals surface area contributed by atoms with Crippen LogP contribution in [0.15, 0.2) is 35.5 Å². The minimum atomic E-state index is -0.437. The largest absolute Gasteiger partial charge is 0.351 e. The van der Waals surface area contributed by atoms with Crippen molar-refractivity contribution in [1.82, 2.24) is 30.4 Å². The first-order valence-corrected chi connectivity index (χ1v) is 7.87. The number of fused-ring (bicyclic) bond motifs is 1. The van der Waals surface area contributed by atoms with E-state index in [-0.39, 0.29) is 17.6 Å². The zero-order chi connectivity index (χ0) is 17.4. The van der Waals surface area contributed by atoms with Gasteiger partial charge in [0.2, 0.25) is 5.76 Å². The summed E-state index contributed by atoms with van der Waals surface area (Å²) in [6.45, 7) is 2.09. The van der Waals surface area contributed by atoms with Crippen LogP contribution in [0.4, 0.5) is 0 Å². The first kappa shape index (κ1) is 15.3. The van der Waals surface area contributed by atoms with Crippen LogP contribution in [0.2, 0.25) is 0 Å². The summed E-state index contributed by atoms with van der Waals surface area (Å²) < 4.78 is 6.55. The zero-order valence-electron chi connectivity index (χ0n) is 13.5. The summed E-state index contributed by atoms with van der Waals surface area (Å²) in [5, 5.41) is 13.5. The number of carbonyl (C=O) groups excluding carboxylic acids is 2. The Morgan fingerprint density at radius 2 is 2.12 bits per heavy atom. The van der Waals surface area contributed by atoms with Gasteiger partial charge in [0.15, 0.2) is 0 Å². The molecule has 0 bridgehead atoms. The third kappa shape index (κ3) is 2.84. The fourth-order valence-corrected chi connectivity index (χ4v) is 2.66. The second-order valence-electron chi connectivity index (χ2n) is 6.22. The number of rotatable bonds is 5. The molecule has 3 heterocycles. The van der Waals surface area contributed by atoms with E-state index in [4.69, 9.17) is 4.52 Å². The molecule has 1 fully saturated rings. The first-order valence-electron chi connectivity index (χ1n) is 7.87. The fraction of sp³-hybridized carbons (Fsp3) is 0.312. The predicted molar refractivity (Wildman–Crippen MR) is 86.0 cm³/mol. The molecule has 3 aromatic rings. The van der Waals surface area contributed by atoms with Crippen molar-refractivity contribution in [2.75, 3.05) is 6.54 Å². The number of nitrogens with zero attached hydrogens (tertiary/aromatic N) is 4. The van der Waals surface area contributed by atoms with Crippen LogP contribution in [-0.2, 0) is 0 Å². The first-order chi connectivity index (χ1) is 12.1. The second kappa shape index (κ2) is 5.69. The van der Waals surface area contributed by atoms with Gasteiger partial charge in [0.25, 0.3) is 11.8 Å². The Kier molecular flexibility index (Phi) is 3.48. The molecular formula is C16H16N6O3. The Balaban J connectivity index is 1.41. The van der Waals surface area contributed by atoms with Crippen molar-refractivity contribution in [3.63, 3.8) is 0 Å². The average Bonchev–Trinajstić information content (AvgIpc) is 3.04. The zero-order valence-corrected chi connectivity index (χ0v) is 13.5. The van der Waals surface area contributed by atoms with E-state index in [2.05, 4.69) is 25.9 Å². The van der Waals surface area contributed by atoms with Gasteiger partial charge in [-0.15, -0.1) is 0 Å². The van der Waals surface area contributed by atoms with E-state index < -0.39 is 5.54 Å². The quantitative estimate of drug-likeness (QED) is 0.707. The summed E-state index contributed by atoms with van der Waals surface area (Å²) in [6, 6.07) is 0. The molecule has 0 spiro atoms. The molecule has 0 aliphatic heterocycles. The summed E-state index contributed by atoms with van der Waals surface area (Å²) in [6.07, 6.45) is 9.45. The molecule has 0 aromatic carbocycles. The molecule has 1 aliphatic carbocycles. The molecule has 128 valence electrons. The van der Waals surface area contributed by atoms with Crippen LogP contribution in [0.5, 0.6) is 0 Å². The van der Waals surface area contributed by atoms with Crippen molar-refractivity contribution < 1.29 is 14.1 Å². The SMILES string of the molecule is Cc1cnoc1C(=O)NC1(CNC(=O)c2cnn3ccncc23)CC1. The van der Waals surface area contributed by atoms with Gasteiger partial charge >= 0.3 is 0 Å². The van der Waals surface area contributed by atoms with Gasteiger partial charge in [-0.3, -0.25) is 14.6 Å². The smallest absolute Gasteiger partial charge is 0.290 e. The van der Waals surface area contributed by atoms with E-state index in [1.165, 1.54) is 12.4 Å². The molecular weight excluding hydrogens is 324 g/mol. The minimum Gasteiger partial charge on any atom is -0.351 e. The maximum atomic E-state index is 12.4. The maximum Gasteiger partial charge on any atom is 0.290 e. The highest BCUT2D eigenvalue weighted by atomic mass is 16.5. The molecule has 2 amide bonds. The standard InChI is InChI=1S/C16H16N6O3/c1-10-6-20-25-13(10)15(24)21-16(2-3-16)9-18-14(23)11-7-19-22-5-4-17-8-12(11)22/h4-8H,2-3,9H2,1H3,(H,18,23)(H,21,24). The highest BCUT2D eigenvalue weighted by Crippen LogP contribution is 2.35. The number of nitrogens with one attached hydrogen (secondary N) is 2. The molecule has 0 radical (unpaired) electrons. The summed E-state index contributed by atoms with van der Waals surface area (Å²) in [5.41, 5.74) is 1.32. The summed E-state index contributed by atoms with van der Waals surface area (Å²) in [5.74, 6) is -0.368.